The average Bonchev–Trinajstić information content (AvgIpc) is 3.01. The van der Waals surface area contributed by atoms with Crippen LogP contribution in [0.25, 0.3) is 16.6 Å². The van der Waals surface area contributed by atoms with Crippen molar-refractivity contribution in [2.45, 2.75) is 24.8 Å². The van der Waals surface area contributed by atoms with Crippen LogP contribution in [0, 0.1) is 13.8 Å². The van der Waals surface area contributed by atoms with Crippen LogP contribution in [0.4, 0.5) is 0 Å². The molecule has 0 unspecified atom stereocenters. The molecule has 0 spiro atoms. The lowest BCUT2D eigenvalue weighted by atomic mass is 10.2. The quantitative estimate of drug-likeness (QED) is 0.562. The van der Waals surface area contributed by atoms with Gasteiger partial charge in [-0.15, -0.1) is 10.2 Å². The molecule has 26 heavy (non-hydrogen) atoms. The van der Waals surface area contributed by atoms with E-state index in [1.807, 2.05) is 41.8 Å². The highest BCUT2D eigenvalue weighted by molar-refractivity contribution is 7.98. The summed E-state index contributed by atoms with van der Waals surface area (Å²) in [4.78, 5) is 19.6. The van der Waals surface area contributed by atoms with Crippen LogP contribution in [0.15, 0.2) is 58.5 Å². The molecule has 130 valence electrons. The number of aryl methyl sites for hydroxylation is 2. The third-order valence-electron chi connectivity index (χ3n) is 4.09. The fourth-order valence-electron chi connectivity index (χ4n) is 2.76. The summed E-state index contributed by atoms with van der Waals surface area (Å²) < 4.78 is 2.00. The Labute approximate surface area is 154 Å². The Morgan fingerprint density at radius 1 is 1.04 bits per heavy atom. The van der Waals surface area contributed by atoms with Crippen LogP contribution in [-0.4, -0.2) is 24.7 Å². The van der Waals surface area contributed by atoms with E-state index in [0.717, 1.165) is 16.7 Å². The molecule has 2 heterocycles. The maximum absolute atomic E-state index is 12.2. The summed E-state index contributed by atoms with van der Waals surface area (Å²) in [5.74, 6) is 1.94. The number of benzene rings is 2. The van der Waals surface area contributed by atoms with Gasteiger partial charge in [0.15, 0.2) is 5.16 Å². The van der Waals surface area contributed by atoms with Crippen LogP contribution in [0.2, 0.25) is 0 Å². The van der Waals surface area contributed by atoms with Gasteiger partial charge in [-0.1, -0.05) is 41.6 Å². The van der Waals surface area contributed by atoms with Gasteiger partial charge in [-0.3, -0.25) is 9.36 Å². The smallest absolute Gasteiger partial charge is 0.258 e. The number of hydrogen-bond donors (Lipinski definition) is 1. The van der Waals surface area contributed by atoms with Gasteiger partial charge >= 0.3 is 0 Å². The number of aromatic nitrogens is 5. The molecule has 0 aliphatic carbocycles. The Kier molecular flexibility index (Phi) is 4.30. The highest BCUT2D eigenvalue weighted by Gasteiger charge is 2.12. The van der Waals surface area contributed by atoms with Gasteiger partial charge in [-0.25, -0.2) is 4.98 Å². The first-order chi connectivity index (χ1) is 12.6. The third kappa shape index (κ3) is 3.13. The number of H-pyrrole nitrogens is 1. The Hall–Kier alpha value is -2.93. The lowest BCUT2D eigenvalue weighted by molar-refractivity contribution is 0.865. The summed E-state index contributed by atoms with van der Waals surface area (Å²) in [7, 11) is 0. The van der Waals surface area contributed by atoms with E-state index in [2.05, 4.69) is 39.2 Å². The van der Waals surface area contributed by atoms with E-state index in [1.165, 1.54) is 17.3 Å². The van der Waals surface area contributed by atoms with Crippen molar-refractivity contribution in [3.63, 3.8) is 0 Å². The zero-order chi connectivity index (χ0) is 18.1. The van der Waals surface area contributed by atoms with E-state index in [9.17, 15) is 4.79 Å². The minimum absolute atomic E-state index is 0.123. The molecule has 7 heteroatoms. The molecule has 1 N–H and O–H groups in total. The predicted molar refractivity (Wildman–Crippen MR) is 103 cm³/mol. The van der Waals surface area contributed by atoms with Crippen molar-refractivity contribution in [3.8, 4) is 5.69 Å². The van der Waals surface area contributed by atoms with Crippen LogP contribution in [-0.2, 0) is 5.75 Å². The topological polar surface area (TPSA) is 76.5 Å². The molecule has 2 aromatic heterocycles. The number of nitrogens with one attached hydrogen (secondary N) is 1. The number of nitrogens with zero attached hydrogens (tertiary/aromatic N) is 4. The number of hydrogen-bond acceptors (Lipinski definition) is 5. The average molecular weight is 363 g/mol. The van der Waals surface area contributed by atoms with E-state index in [4.69, 9.17) is 0 Å². The lowest BCUT2D eigenvalue weighted by Crippen LogP contribution is -2.11. The van der Waals surface area contributed by atoms with Crippen LogP contribution in [0.3, 0.4) is 0 Å². The molecule has 0 aliphatic rings. The van der Waals surface area contributed by atoms with Crippen LogP contribution < -0.4 is 5.56 Å². The van der Waals surface area contributed by atoms with Crippen LogP contribution in [0.5, 0.6) is 0 Å². The maximum Gasteiger partial charge on any atom is 0.258 e. The van der Waals surface area contributed by atoms with E-state index in [0.29, 0.717) is 22.5 Å². The standard InChI is InChI=1S/C19H17N5OS/c1-12-7-9-14(10-8-12)24-13(2)22-23-19(24)26-11-17-20-16-6-4-3-5-15(16)18(25)21-17/h3-10H,11H2,1-2H3,(H,20,21,25). The molecule has 0 fully saturated rings. The third-order valence-corrected chi connectivity index (χ3v) is 5.03. The zero-order valence-corrected chi connectivity index (χ0v) is 15.2. The molecule has 0 amide bonds. The van der Waals surface area contributed by atoms with Gasteiger partial charge in [0.2, 0.25) is 0 Å². The number of fused-ring (bicyclic) bond motifs is 1. The molecule has 0 aliphatic heterocycles. The van der Waals surface area contributed by atoms with Crippen molar-refractivity contribution in [1.82, 2.24) is 24.7 Å². The SMILES string of the molecule is Cc1ccc(-n2c(C)nnc2SCc2nc3ccccc3c(=O)[nH]2)cc1. The Bertz CT molecular complexity index is 1130. The second-order valence-electron chi connectivity index (χ2n) is 6.02. The van der Waals surface area contributed by atoms with Gasteiger partial charge < -0.3 is 4.98 Å². The highest BCUT2D eigenvalue weighted by atomic mass is 32.2. The first kappa shape index (κ1) is 16.5. The number of rotatable bonds is 4. The molecule has 4 rings (SSSR count). The van der Waals surface area contributed by atoms with Gasteiger partial charge in [0.25, 0.3) is 5.56 Å². The summed E-state index contributed by atoms with van der Waals surface area (Å²) >= 11 is 1.49. The first-order valence-electron chi connectivity index (χ1n) is 8.21. The minimum atomic E-state index is -0.123. The molecule has 0 saturated heterocycles. The van der Waals surface area contributed by atoms with Crippen LogP contribution in [0.1, 0.15) is 17.2 Å². The van der Waals surface area contributed by atoms with E-state index >= 15 is 0 Å². The van der Waals surface area contributed by atoms with Crippen molar-refractivity contribution in [2.75, 3.05) is 0 Å². The second-order valence-corrected chi connectivity index (χ2v) is 6.96. The maximum atomic E-state index is 12.2. The molecular weight excluding hydrogens is 346 g/mol. The van der Waals surface area contributed by atoms with Gasteiger partial charge in [0, 0.05) is 5.69 Å². The predicted octanol–water partition coefficient (Wildman–Crippen LogP) is 3.41. The Morgan fingerprint density at radius 3 is 2.62 bits per heavy atom. The second kappa shape index (κ2) is 6.76. The van der Waals surface area contributed by atoms with Crippen molar-refractivity contribution in [1.29, 1.82) is 0 Å². The number of para-hydroxylation sites is 1. The summed E-state index contributed by atoms with van der Waals surface area (Å²) in [5.41, 5.74) is 2.79. The Balaban J connectivity index is 1.63. The molecule has 0 saturated carbocycles. The fraction of sp³-hybridized carbons (Fsp3) is 0.158. The van der Waals surface area contributed by atoms with Crippen molar-refractivity contribution < 1.29 is 0 Å². The van der Waals surface area contributed by atoms with Crippen LogP contribution >= 0.6 is 11.8 Å². The largest absolute Gasteiger partial charge is 0.309 e. The van der Waals surface area contributed by atoms with Gasteiger partial charge in [0.1, 0.15) is 11.6 Å². The molecule has 4 aromatic rings. The minimum Gasteiger partial charge on any atom is -0.309 e. The molecule has 2 aromatic carbocycles. The zero-order valence-electron chi connectivity index (χ0n) is 14.4. The summed E-state index contributed by atoms with van der Waals surface area (Å²) in [5, 5.41) is 9.83. The van der Waals surface area contributed by atoms with Crippen molar-refractivity contribution in [3.05, 3.63) is 76.1 Å². The van der Waals surface area contributed by atoms with Gasteiger partial charge in [-0.2, -0.15) is 0 Å². The number of aromatic amines is 1. The summed E-state index contributed by atoms with van der Waals surface area (Å²) in [6, 6.07) is 15.5. The lowest BCUT2D eigenvalue weighted by Gasteiger charge is -2.08. The first-order valence-corrected chi connectivity index (χ1v) is 9.20. The molecule has 0 radical (unpaired) electrons. The van der Waals surface area contributed by atoms with E-state index < -0.39 is 0 Å². The van der Waals surface area contributed by atoms with Gasteiger partial charge in [-0.05, 0) is 38.1 Å². The molecule has 6 nitrogen and oxygen atoms in total. The monoisotopic (exact) mass is 363 g/mol. The number of thioether (sulfide) groups is 1. The van der Waals surface area contributed by atoms with E-state index in [-0.39, 0.29) is 5.56 Å². The van der Waals surface area contributed by atoms with Crippen molar-refractivity contribution in [2.24, 2.45) is 0 Å². The summed E-state index contributed by atoms with van der Waals surface area (Å²) in [6.45, 7) is 3.98. The molecular formula is C19H17N5OS. The van der Waals surface area contributed by atoms with E-state index in [1.54, 1.807) is 6.07 Å². The van der Waals surface area contributed by atoms with Gasteiger partial charge in [0.05, 0.1) is 16.7 Å². The highest BCUT2D eigenvalue weighted by Crippen LogP contribution is 2.24. The molecule has 0 atom stereocenters. The van der Waals surface area contributed by atoms with Crippen molar-refractivity contribution >= 4 is 22.7 Å². The summed E-state index contributed by atoms with van der Waals surface area (Å²) in [6.07, 6.45) is 0. The normalized spacial score (nSPS) is 11.2. The molecule has 0 bridgehead atoms. The fourth-order valence-corrected chi connectivity index (χ4v) is 3.63. The Morgan fingerprint density at radius 2 is 1.81 bits per heavy atom.